The number of hydrogen-bond donors (Lipinski definition) is 2. The smallest absolute Gasteiger partial charge is 0.407 e. The van der Waals surface area contributed by atoms with E-state index in [-0.39, 0.29) is 11.7 Å². The molecule has 0 spiro atoms. The Kier molecular flexibility index (Phi) is 4.98. The van der Waals surface area contributed by atoms with Crippen LogP contribution in [0.2, 0.25) is 0 Å². The van der Waals surface area contributed by atoms with Crippen LogP contribution in [0.1, 0.15) is 23.0 Å². The first-order valence-corrected chi connectivity index (χ1v) is 6.53. The number of hydrogen-bond acceptors (Lipinski definition) is 4. The van der Waals surface area contributed by atoms with Crippen LogP contribution in [-0.4, -0.2) is 18.6 Å². The molecular weight excluding hydrogens is 272 g/mol. The van der Waals surface area contributed by atoms with Gasteiger partial charge in [-0.05, 0) is 36.8 Å². The molecule has 2 rings (SSSR count). The van der Waals surface area contributed by atoms with Gasteiger partial charge in [-0.1, -0.05) is 12.1 Å². The summed E-state index contributed by atoms with van der Waals surface area (Å²) < 4.78 is 9.77. The first kappa shape index (κ1) is 14.6. The van der Waals surface area contributed by atoms with Crippen LogP contribution in [0.4, 0.5) is 10.5 Å². The molecule has 6 nitrogen and oxygen atoms in total. The number of alkyl carbamates (subject to hydrolysis) is 1. The lowest BCUT2D eigenvalue weighted by Crippen LogP contribution is -2.23. The topological polar surface area (TPSA) is 80.6 Å². The predicted octanol–water partition coefficient (Wildman–Crippen LogP) is 2.78. The molecule has 110 valence electrons. The Bertz CT molecular complexity index is 591. The molecule has 1 aromatic heterocycles. The van der Waals surface area contributed by atoms with Crippen molar-refractivity contribution in [2.75, 3.05) is 11.9 Å². The fourth-order valence-corrected chi connectivity index (χ4v) is 1.66. The molecule has 0 atom stereocenters. The minimum Gasteiger partial charge on any atom is -0.459 e. The lowest BCUT2D eigenvalue weighted by molar-refractivity contribution is 0.0996. The van der Waals surface area contributed by atoms with E-state index in [1.165, 1.54) is 6.26 Å². The number of carbonyl (C=O) groups excluding carboxylic acids is 2. The fraction of sp³-hybridized carbons (Fsp3) is 0.200. The quantitative estimate of drug-likeness (QED) is 0.886. The van der Waals surface area contributed by atoms with Crippen molar-refractivity contribution < 1.29 is 18.7 Å². The Morgan fingerprint density at radius 1 is 1.19 bits per heavy atom. The van der Waals surface area contributed by atoms with Gasteiger partial charge in [-0.2, -0.15) is 0 Å². The third-order valence-electron chi connectivity index (χ3n) is 2.67. The minimum atomic E-state index is -0.451. The van der Waals surface area contributed by atoms with E-state index < -0.39 is 6.09 Å². The fourth-order valence-electron chi connectivity index (χ4n) is 1.66. The zero-order valence-corrected chi connectivity index (χ0v) is 11.6. The molecule has 0 unspecified atom stereocenters. The molecule has 1 heterocycles. The summed E-state index contributed by atoms with van der Waals surface area (Å²) >= 11 is 0. The molecule has 2 N–H and O–H groups in total. The van der Waals surface area contributed by atoms with Gasteiger partial charge in [-0.3, -0.25) is 4.79 Å². The molecule has 0 aliphatic carbocycles. The monoisotopic (exact) mass is 288 g/mol. The normalized spacial score (nSPS) is 9.95. The summed E-state index contributed by atoms with van der Waals surface area (Å²) in [6.45, 7) is 2.45. The number of nitrogens with one attached hydrogen (secondary N) is 2. The van der Waals surface area contributed by atoms with E-state index in [0.717, 1.165) is 5.56 Å². The molecule has 0 bridgehead atoms. The minimum absolute atomic E-state index is 0.253. The molecule has 0 aliphatic rings. The number of ether oxygens (including phenoxy) is 1. The highest BCUT2D eigenvalue weighted by atomic mass is 16.5. The number of amides is 2. The van der Waals surface area contributed by atoms with Crippen LogP contribution in [0, 0.1) is 0 Å². The second-order valence-electron chi connectivity index (χ2n) is 4.20. The van der Waals surface area contributed by atoms with Crippen LogP contribution < -0.4 is 10.6 Å². The van der Waals surface area contributed by atoms with Crippen LogP contribution in [0.3, 0.4) is 0 Å². The van der Waals surface area contributed by atoms with E-state index in [4.69, 9.17) is 9.15 Å². The van der Waals surface area contributed by atoms with Crippen molar-refractivity contribution in [2.45, 2.75) is 13.5 Å². The molecule has 21 heavy (non-hydrogen) atoms. The summed E-state index contributed by atoms with van der Waals surface area (Å²) in [7, 11) is 0. The van der Waals surface area contributed by atoms with Gasteiger partial charge in [0.1, 0.15) is 0 Å². The summed E-state index contributed by atoms with van der Waals surface area (Å²) in [5.41, 5.74) is 1.55. The first-order chi connectivity index (χ1) is 10.2. The molecule has 0 saturated heterocycles. The molecule has 0 aliphatic heterocycles. The second kappa shape index (κ2) is 7.14. The van der Waals surface area contributed by atoms with E-state index in [9.17, 15) is 9.59 Å². The average molecular weight is 288 g/mol. The lowest BCUT2D eigenvalue weighted by atomic mass is 10.2. The molecule has 0 radical (unpaired) electrons. The van der Waals surface area contributed by atoms with Crippen molar-refractivity contribution in [3.8, 4) is 0 Å². The summed E-state index contributed by atoms with van der Waals surface area (Å²) in [5, 5.41) is 5.33. The van der Waals surface area contributed by atoms with E-state index >= 15 is 0 Å². The molecule has 1 aromatic carbocycles. The van der Waals surface area contributed by atoms with Gasteiger partial charge in [-0.15, -0.1) is 0 Å². The van der Waals surface area contributed by atoms with Crippen LogP contribution in [0.15, 0.2) is 47.1 Å². The molecule has 6 heteroatoms. The van der Waals surface area contributed by atoms with Gasteiger partial charge in [0.15, 0.2) is 5.76 Å². The van der Waals surface area contributed by atoms with Crippen molar-refractivity contribution in [3.05, 3.63) is 54.0 Å². The van der Waals surface area contributed by atoms with E-state index in [1.807, 2.05) is 12.1 Å². The van der Waals surface area contributed by atoms with Crippen molar-refractivity contribution in [1.29, 1.82) is 0 Å². The van der Waals surface area contributed by atoms with Gasteiger partial charge < -0.3 is 19.8 Å². The lowest BCUT2D eigenvalue weighted by Gasteiger charge is -2.07. The zero-order chi connectivity index (χ0) is 15.1. The van der Waals surface area contributed by atoms with Crippen LogP contribution in [-0.2, 0) is 11.3 Å². The van der Waals surface area contributed by atoms with E-state index in [1.54, 1.807) is 31.2 Å². The van der Waals surface area contributed by atoms with Gasteiger partial charge in [0.25, 0.3) is 5.91 Å². The third-order valence-corrected chi connectivity index (χ3v) is 2.67. The predicted molar refractivity (Wildman–Crippen MR) is 77.0 cm³/mol. The van der Waals surface area contributed by atoms with Gasteiger partial charge in [0.2, 0.25) is 0 Å². The van der Waals surface area contributed by atoms with Gasteiger partial charge >= 0.3 is 6.09 Å². The third kappa shape index (κ3) is 4.38. The zero-order valence-electron chi connectivity index (χ0n) is 11.6. The molecular formula is C15H16N2O4. The summed E-state index contributed by atoms with van der Waals surface area (Å²) in [6, 6.07) is 10.4. The largest absolute Gasteiger partial charge is 0.459 e. The van der Waals surface area contributed by atoms with Crippen molar-refractivity contribution in [2.24, 2.45) is 0 Å². The highest BCUT2D eigenvalue weighted by Gasteiger charge is 2.08. The SMILES string of the molecule is CCOC(=O)NCc1ccc(NC(=O)c2ccco2)cc1. The van der Waals surface area contributed by atoms with Gasteiger partial charge in [0.05, 0.1) is 12.9 Å². The van der Waals surface area contributed by atoms with E-state index in [2.05, 4.69) is 10.6 Å². The maximum absolute atomic E-state index is 11.8. The number of benzene rings is 1. The van der Waals surface area contributed by atoms with Gasteiger partial charge in [-0.25, -0.2) is 4.79 Å². The highest BCUT2D eigenvalue weighted by Crippen LogP contribution is 2.11. The number of rotatable bonds is 5. The Morgan fingerprint density at radius 2 is 1.95 bits per heavy atom. The maximum atomic E-state index is 11.8. The van der Waals surface area contributed by atoms with Crippen molar-refractivity contribution in [3.63, 3.8) is 0 Å². The summed E-state index contributed by atoms with van der Waals surface area (Å²) in [4.78, 5) is 22.9. The Balaban J connectivity index is 1.87. The van der Waals surface area contributed by atoms with Crippen LogP contribution in [0.25, 0.3) is 0 Å². The standard InChI is InChI=1S/C15H16N2O4/c1-2-20-15(19)16-10-11-5-7-12(8-6-11)17-14(18)13-4-3-9-21-13/h3-9H,2,10H2,1H3,(H,16,19)(H,17,18). The number of anilines is 1. The Labute approximate surface area is 122 Å². The van der Waals surface area contributed by atoms with Crippen LogP contribution in [0.5, 0.6) is 0 Å². The Morgan fingerprint density at radius 3 is 2.57 bits per heavy atom. The molecule has 2 aromatic rings. The van der Waals surface area contributed by atoms with Crippen molar-refractivity contribution in [1.82, 2.24) is 5.32 Å². The summed E-state index contributed by atoms with van der Waals surface area (Å²) in [5.74, 6) is -0.0551. The average Bonchev–Trinajstić information content (AvgIpc) is 3.01. The van der Waals surface area contributed by atoms with Crippen LogP contribution >= 0.6 is 0 Å². The van der Waals surface area contributed by atoms with E-state index in [0.29, 0.717) is 18.8 Å². The first-order valence-electron chi connectivity index (χ1n) is 6.53. The number of carbonyl (C=O) groups is 2. The van der Waals surface area contributed by atoms with Gasteiger partial charge in [0, 0.05) is 12.2 Å². The number of furan rings is 1. The maximum Gasteiger partial charge on any atom is 0.407 e. The summed E-state index contributed by atoms with van der Waals surface area (Å²) in [6.07, 6.45) is 0.992. The molecule has 0 saturated carbocycles. The molecule has 0 fully saturated rings. The highest BCUT2D eigenvalue weighted by molar-refractivity contribution is 6.02. The van der Waals surface area contributed by atoms with Crippen molar-refractivity contribution >= 4 is 17.7 Å². The molecule has 2 amide bonds. The Hall–Kier alpha value is -2.76. The second-order valence-corrected chi connectivity index (χ2v) is 4.20.